The minimum Gasteiger partial charge on any atom is -0.378 e. The monoisotopic (exact) mass is 574 g/mol. The van der Waals surface area contributed by atoms with Gasteiger partial charge in [-0.1, -0.05) is 47.7 Å². The van der Waals surface area contributed by atoms with Gasteiger partial charge in [0.15, 0.2) is 11.5 Å². The lowest BCUT2D eigenvalue weighted by Crippen LogP contribution is -2.54. The number of carbonyl (C=O) groups is 3. The van der Waals surface area contributed by atoms with Crippen molar-refractivity contribution in [1.82, 2.24) is 21.2 Å². The normalized spacial score (nSPS) is 17.6. The van der Waals surface area contributed by atoms with Gasteiger partial charge in [-0.05, 0) is 23.8 Å². The molecule has 2 aliphatic rings. The Kier molecular flexibility index (Phi) is 7.89. The molecule has 2 aliphatic heterocycles. The van der Waals surface area contributed by atoms with Gasteiger partial charge in [0.2, 0.25) is 5.01 Å². The third-order valence-corrected chi connectivity index (χ3v) is 7.59. The van der Waals surface area contributed by atoms with Crippen LogP contribution in [0.25, 0.3) is 0 Å². The number of Topliss-reactive ketones (excluding diaryl/α,β-unsaturated/α-hetero) is 1. The van der Waals surface area contributed by atoms with Crippen LogP contribution < -0.4 is 26.0 Å². The van der Waals surface area contributed by atoms with Crippen LogP contribution in [0.5, 0.6) is 0 Å². The Balaban J connectivity index is 1.29. The van der Waals surface area contributed by atoms with Gasteiger partial charge >= 0.3 is 12.2 Å². The minimum absolute atomic E-state index is 0.0329. The molecule has 0 saturated carbocycles. The second-order valence-electron chi connectivity index (χ2n) is 9.09. The van der Waals surface area contributed by atoms with Gasteiger partial charge in [0, 0.05) is 30.9 Å². The average molecular weight is 575 g/mol. The van der Waals surface area contributed by atoms with Crippen molar-refractivity contribution in [3.8, 4) is 0 Å². The molecule has 40 heavy (non-hydrogen) atoms. The van der Waals surface area contributed by atoms with Crippen LogP contribution in [0, 0.1) is 0 Å². The highest BCUT2D eigenvalue weighted by Crippen LogP contribution is 2.39. The number of nitrogens with zero attached hydrogens (tertiary/aromatic N) is 3. The third-order valence-electron chi connectivity index (χ3n) is 6.43. The van der Waals surface area contributed by atoms with Crippen molar-refractivity contribution in [2.75, 3.05) is 42.6 Å². The van der Waals surface area contributed by atoms with Gasteiger partial charge in [-0.25, -0.2) is 15.2 Å². The van der Waals surface area contributed by atoms with Crippen molar-refractivity contribution in [3.63, 3.8) is 0 Å². The molecule has 5 rings (SSSR count). The van der Waals surface area contributed by atoms with Crippen LogP contribution >= 0.6 is 11.3 Å². The zero-order valence-electron chi connectivity index (χ0n) is 21.0. The number of carbonyl (C=O) groups excluding carboxylic acids is 3. The average Bonchev–Trinajstić information content (AvgIpc) is 3.37. The summed E-state index contributed by atoms with van der Waals surface area (Å²) in [4.78, 5) is 45.7. The fourth-order valence-corrected chi connectivity index (χ4v) is 5.51. The van der Waals surface area contributed by atoms with Crippen molar-refractivity contribution in [2.24, 2.45) is 0 Å². The number of aromatic nitrogens is 1. The van der Waals surface area contributed by atoms with Crippen molar-refractivity contribution < 1.29 is 32.3 Å². The molecule has 0 aliphatic carbocycles. The summed E-state index contributed by atoms with van der Waals surface area (Å²) >= 11 is 0.354. The molecule has 1 fully saturated rings. The number of ether oxygens (including phenoxy) is 1. The predicted octanol–water partition coefficient (Wildman–Crippen LogP) is 3.27. The van der Waals surface area contributed by atoms with Crippen molar-refractivity contribution >= 4 is 45.4 Å². The molecule has 3 heterocycles. The van der Waals surface area contributed by atoms with Crippen molar-refractivity contribution in [2.45, 2.75) is 18.6 Å². The Morgan fingerprint density at radius 3 is 2.42 bits per heavy atom. The van der Waals surface area contributed by atoms with E-state index in [1.165, 1.54) is 0 Å². The molecule has 3 amide bonds. The van der Waals surface area contributed by atoms with E-state index in [2.05, 4.69) is 21.2 Å². The fourth-order valence-electron chi connectivity index (χ4n) is 4.52. The first-order chi connectivity index (χ1) is 19.2. The largest absolute Gasteiger partial charge is 0.443 e. The van der Waals surface area contributed by atoms with Gasteiger partial charge < -0.3 is 19.9 Å². The molecular weight excluding hydrogens is 549 g/mol. The molecule has 10 nitrogen and oxygen atoms in total. The Bertz CT molecular complexity index is 1390. The topological polar surface area (TPSA) is 116 Å². The molecular formula is C26H25F3N6O4S. The number of amides is 3. The summed E-state index contributed by atoms with van der Waals surface area (Å²) in [5.74, 6) is -1.26. The molecule has 0 bridgehead atoms. The van der Waals surface area contributed by atoms with E-state index in [9.17, 15) is 27.6 Å². The van der Waals surface area contributed by atoms with Gasteiger partial charge in [0.05, 0.1) is 19.8 Å². The van der Waals surface area contributed by atoms with Gasteiger partial charge in [-0.15, -0.1) is 0 Å². The number of morpholine rings is 1. The lowest BCUT2D eigenvalue weighted by Gasteiger charge is -2.28. The number of thiazole rings is 1. The summed E-state index contributed by atoms with van der Waals surface area (Å²) in [5, 5.41) is 1.44. The number of ketones is 1. The molecule has 0 radical (unpaired) electrons. The van der Waals surface area contributed by atoms with Crippen LogP contribution in [0.3, 0.4) is 0 Å². The lowest BCUT2D eigenvalue weighted by atomic mass is 10.0. The highest BCUT2D eigenvalue weighted by atomic mass is 32.1. The fraction of sp³-hybridized carbons (Fsp3) is 0.308. The van der Waals surface area contributed by atoms with E-state index < -0.39 is 34.9 Å². The number of halogens is 3. The summed E-state index contributed by atoms with van der Waals surface area (Å²) in [6.07, 6.45) is -4.66. The second kappa shape index (κ2) is 11.5. The number of nitrogens with one attached hydrogen (secondary N) is 3. The third kappa shape index (κ3) is 6.02. The van der Waals surface area contributed by atoms with Gasteiger partial charge in [0.1, 0.15) is 11.0 Å². The predicted molar refractivity (Wildman–Crippen MR) is 142 cm³/mol. The zero-order valence-corrected chi connectivity index (χ0v) is 21.8. The molecule has 0 spiro atoms. The molecule has 1 atom stereocenters. The van der Waals surface area contributed by atoms with E-state index in [1.54, 1.807) is 4.90 Å². The molecule has 14 heteroatoms. The van der Waals surface area contributed by atoms with Gasteiger partial charge in [-0.2, -0.15) is 13.2 Å². The molecule has 2 aromatic carbocycles. The Morgan fingerprint density at radius 1 is 1.00 bits per heavy atom. The maximum atomic E-state index is 13.4. The molecule has 1 aromatic heterocycles. The quantitative estimate of drug-likeness (QED) is 0.410. The van der Waals surface area contributed by atoms with Crippen LogP contribution in [-0.2, 0) is 22.1 Å². The molecule has 0 unspecified atom stereocenters. The molecule has 1 saturated heterocycles. The van der Waals surface area contributed by atoms with Crippen LogP contribution in [0.2, 0.25) is 0 Å². The lowest BCUT2D eigenvalue weighted by molar-refractivity contribution is -0.137. The van der Waals surface area contributed by atoms with Crippen LogP contribution in [0.15, 0.2) is 54.6 Å². The van der Waals surface area contributed by atoms with E-state index in [0.717, 1.165) is 16.9 Å². The Morgan fingerprint density at radius 2 is 1.70 bits per heavy atom. The highest BCUT2D eigenvalue weighted by molar-refractivity contribution is 7.16. The summed E-state index contributed by atoms with van der Waals surface area (Å²) in [5.41, 5.74) is 6.25. The molecule has 3 aromatic rings. The smallest absolute Gasteiger partial charge is 0.378 e. The second-order valence-corrected chi connectivity index (χ2v) is 10.1. The first-order valence-corrected chi connectivity index (χ1v) is 13.2. The van der Waals surface area contributed by atoms with Crippen molar-refractivity contribution in [1.29, 1.82) is 0 Å². The van der Waals surface area contributed by atoms with Crippen LogP contribution in [0.4, 0.5) is 34.3 Å². The summed E-state index contributed by atoms with van der Waals surface area (Å²) in [7, 11) is 0. The summed E-state index contributed by atoms with van der Waals surface area (Å²) in [6.45, 7) is 1.29. The number of urea groups is 1. The van der Waals surface area contributed by atoms with E-state index in [-0.39, 0.29) is 36.8 Å². The number of fused-ring (bicyclic) bond motifs is 1. The standard InChI is InChI=1S/C26H25F3N6O4S/c27-26(28,29)24-31-21(23(40-24)34-10-12-39-13-11-34)22(37)32-33-25(38)30-18-15-35(17-7-2-1-3-8-17)19-9-5-4-6-16(19)14-20(18)36/h1-9,18H,10-15H2,(H,32,37)(H2,30,33,38)/t18-/m0/s1. The highest BCUT2D eigenvalue weighted by Gasteiger charge is 2.38. The van der Waals surface area contributed by atoms with Crippen LogP contribution in [-0.4, -0.2) is 61.6 Å². The summed E-state index contributed by atoms with van der Waals surface area (Å²) < 4.78 is 45.3. The maximum Gasteiger partial charge on any atom is 0.443 e. The summed E-state index contributed by atoms with van der Waals surface area (Å²) in [6, 6.07) is 15.0. The molecule has 3 N–H and O–H groups in total. The maximum absolute atomic E-state index is 13.4. The Hall–Kier alpha value is -4.17. The Labute approximate surface area is 231 Å². The number of benzene rings is 2. The minimum atomic E-state index is -4.74. The van der Waals surface area contributed by atoms with Crippen molar-refractivity contribution in [3.05, 3.63) is 70.9 Å². The first-order valence-electron chi connectivity index (χ1n) is 12.4. The molecule has 210 valence electrons. The number of alkyl halides is 3. The number of rotatable bonds is 4. The first kappa shape index (κ1) is 27.4. The van der Waals surface area contributed by atoms with E-state index >= 15 is 0 Å². The van der Waals surface area contributed by atoms with E-state index in [4.69, 9.17) is 4.74 Å². The SMILES string of the molecule is O=C(NNC(=O)c1nc(C(F)(F)F)sc1N1CCOCC1)N[C@H]1CN(c2ccccc2)c2ccccc2CC1=O. The number of hydrogen-bond acceptors (Lipinski definition) is 8. The zero-order chi connectivity index (χ0) is 28.3. The van der Waals surface area contributed by atoms with Crippen LogP contribution in [0.1, 0.15) is 21.1 Å². The number of para-hydroxylation sites is 2. The van der Waals surface area contributed by atoms with E-state index in [0.29, 0.717) is 24.6 Å². The number of hydrazine groups is 1. The number of anilines is 3. The number of hydrogen-bond donors (Lipinski definition) is 3. The van der Waals surface area contributed by atoms with E-state index in [1.807, 2.05) is 59.5 Å². The van der Waals surface area contributed by atoms with Gasteiger partial charge in [0.25, 0.3) is 5.91 Å². The van der Waals surface area contributed by atoms with Gasteiger partial charge in [-0.3, -0.25) is 15.0 Å².